The molecule has 1 heterocycles. The molecule has 0 bridgehead atoms. The predicted molar refractivity (Wildman–Crippen MR) is 77.3 cm³/mol. The first-order chi connectivity index (χ1) is 10.6. The molecule has 0 N–H and O–H groups in total. The Kier molecular flexibility index (Phi) is 7.15. The monoisotopic (exact) mass is 312 g/mol. The van der Waals surface area contributed by atoms with E-state index in [2.05, 4.69) is 0 Å². The summed E-state index contributed by atoms with van der Waals surface area (Å²) in [6.07, 6.45) is 2.42. The number of rotatable bonds is 8. The average molecular weight is 312 g/mol. The van der Waals surface area contributed by atoms with E-state index < -0.39 is 17.4 Å². The number of hydrogen-bond donors (Lipinski definition) is 0. The first-order valence-corrected chi connectivity index (χ1v) is 7.19. The van der Waals surface area contributed by atoms with E-state index in [1.807, 2.05) is 6.92 Å². The predicted octanol–water partition coefficient (Wildman–Crippen LogP) is 2.17. The minimum absolute atomic E-state index is 0.115. The van der Waals surface area contributed by atoms with Gasteiger partial charge in [0.1, 0.15) is 11.8 Å². The van der Waals surface area contributed by atoms with Gasteiger partial charge in [-0.05, 0) is 20.3 Å². The van der Waals surface area contributed by atoms with Crippen LogP contribution in [0.2, 0.25) is 0 Å². The van der Waals surface area contributed by atoms with Crippen LogP contribution in [0, 0.1) is 0 Å². The van der Waals surface area contributed by atoms with Gasteiger partial charge in [0.15, 0.2) is 0 Å². The van der Waals surface area contributed by atoms with Crippen molar-refractivity contribution in [2.45, 2.75) is 33.6 Å². The Morgan fingerprint density at radius 1 is 1.09 bits per heavy atom. The number of esters is 2. The van der Waals surface area contributed by atoms with Gasteiger partial charge in [-0.25, -0.2) is 9.59 Å². The topological polar surface area (TPSA) is 92.0 Å². The third-order valence-electron chi connectivity index (χ3n) is 2.65. The van der Waals surface area contributed by atoms with E-state index in [0.29, 0.717) is 6.42 Å². The van der Waals surface area contributed by atoms with E-state index in [-0.39, 0.29) is 36.9 Å². The van der Waals surface area contributed by atoms with Crippen molar-refractivity contribution in [1.29, 1.82) is 0 Å². The number of unbranched alkanes of at least 4 members (excludes halogenated alkanes) is 1. The zero-order valence-electron chi connectivity index (χ0n) is 13.0. The van der Waals surface area contributed by atoms with Gasteiger partial charge in [0.2, 0.25) is 11.2 Å². The largest absolute Gasteiger partial charge is 0.486 e. The minimum Gasteiger partial charge on any atom is -0.486 e. The molecule has 1 aromatic heterocycles. The molecule has 0 saturated heterocycles. The highest BCUT2D eigenvalue weighted by Gasteiger charge is 2.25. The Bertz CT molecular complexity index is 574. The van der Waals surface area contributed by atoms with E-state index in [0.717, 1.165) is 12.7 Å². The minimum atomic E-state index is -0.827. The normalized spacial score (nSPS) is 10.1. The van der Waals surface area contributed by atoms with E-state index in [4.69, 9.17) is 18.6 Å². The fraction of sp³-hybridized carbons (Fsp3) is 0.533. The molecule has 22 heavy (non-hydrogen) atoms. The van der Waals surface area contributed by atoms with E-state index in [1.54, 1.807) is 13.8 Å². The molecule has 0 aliphatic rings. The lowest BCUT2D eigenvalue weighted by molar-refractivity contribution is 0.0464. The van der Waals surface area contributed by atoms with Gasteiger partial charge in [-0.2, -0.15) is 0 Å². The number of hydrogen-bond acceptors (Lipinski definition) is 7. The Morgan fingerprint density at radius 3 is 2.32 bits per heavy atom. The first kappa shape index (κ1) is 17.7. The van der Waals surface area contributed by atoms with Crippen molar-refractivity contribution in [2.75, 3.05) is 19.8 Å². The quantitative estimate of drug-likeness (QED) is 0.536. The smallest absolute Gasteiger partial charge is 0.378 e. The second kappa shape index (κ2) is 8.86. The summed E-state index contributed by atoms with van der Waals surface area (Å²) >= 11 is 0. The summed E-state index contributed by atoms with van der Waals surface area (Å²) in [5, 5.41) is 0. The lowest BCUT2D eigenvalue weighted by Gasteiger charge is -2.10. The lowest BCUT2D eigenvalue weighted by atomic mass is 10.2. The van der Waals surface area contributed by atoms with E-state index in [9.17, 15) is 14.4 Å². The van der Waals surface area contributed by atoms with Crippen LogP contribution in [0.3, 0.4) is 0 Å². The molecule has 0 saturated carbocycles. The summed E-state index contributed by atoms with van der Waals surface area (Å²) in [6.45, 7) is 5.65. The van der Waals surface area contributed by atoms with Gasteiger partial charge in [0, 0.05) is 0 Å². The van der Waals surface area contributed by atoms with Gasteiger partial charge in [0.25, 0.3) is 5.76 Å². The molecule has 0 spiro atoms. The zero-order valence-corrected chi connectivity index (χ0v) is 13.0. The van der Waals surface area contributed by atoms with Crippen molar-refractivity contribution in [2.24, 2.45) is 0 Å². The van der Waals surface area contributed by atoms with Crippen LogP contribution in [-0.2, 0) is 9.47 Å². The van der Waals surface area contributed by atoms with Gasteiger partial charge in [-0.15, -0.1) is 0 Å². The molecule has 0 aliphatic carbocycles. The summed E-state index contributed by atoms with van der Waals surface area (Å²) in [4.78, 5) is 35.8. The van der Waals surface area contributed by atoms with Crippen molar-refractivity contribution >= 4 is 11.9 Å². The first-order valence-electron chi connectivity index (χ1n) is 7.19. The zero-order chi connectivity index (χ0) is 16.5. The molecule has 0 aliphatic heterocycles. The molecule has 0 radical (unpaired) electrons. The van der Waals surface area contributed by atoms with Gasteiger partial charge >= 0.3 is 11.9 Å². The molecular formula is C15H20O7. The second-order valence-corrected chi connectivity index (χ2v) is 4.28. The highest BCUT2D eigenvalue weighted by atomic mass is 16.6. The van der Waals surface area contributed by atoms with Crippen LogP contribution in [-0.4, -0.2) is 31.8 Å². The molecule has 0 fully saturated rings. The van der Waals surface area contributed by atoms with Crippen molar-refractivity contribution in [3.05, 3.63) is 27.8 Å². The fourth-order valence-electron chi connectivity index (χ4n) is 1.59. The molecule has 0 aromatic carbocycles. The molecule has 7 nitrogen and oxygen atoms in total. The van der Waals surface area contributed by atoms with Crippen LogP contribution in [0.1, 0.15) is 54.5 Å². The molecule has 7 heteroatoms. The van der Waals surface area contributed by atoms with Crippen LogP contribution in [0.25, 0.3) is 0 Å². The Morgan fingerprint density at radius 2 is 1.73 bits per heavy atom. The van der Waals surface area contributed by atoms with Gasteiger partial charge in [-0.1, -0.05) is 13.3 Å². The third kappa shape index (κ3) is 4.34. The van der Waals surface area contributed by atoms with Crippen molar-refractivity contribution in [1.82, 2.24) is 0 Å². The van der Waals surface area contributed by atoms with Crippen LogP contribution in [0.15, 0.2) is 15.5 Å². The summed E-state index contributed by atoms with van der Waals surface area (Å²) in [5.41, 5.74) is -1.06. The van der Waals surface area contributed by atoms with E-state index >= 15 is 0 Å². The molecule has 1 aromatic rings. The Hall–Kier alpha value is -2.31. The fourth-order valence-corrected chi connectivity index (χ4v) is 1.59. The Balaban J connectivity index is 3.22. The van der Waals surface area contributed by atoms with Gasteiger partial charge < -0.3 is 18.6 Å². The molecule has 0 amide bonds. The standard InChI is InChI=1S/C15H20O7/c1-4-7-8-21-12-11(16)10(14(17)19-5-2)9-22-13(12)15(18)20-6-3/h9H,4-8H2,1-3H3. The maximum absolute atomic E-state index is 12.3. The second-order valence-electron chi connectivity index (χ2n) is 4.28. The molecule has 0 unspecified atom stereocenters. The molecular weight excluding hydrogens is 292 g/mol. The number of ether oxygens (including phenoxy) is 3. The average Bonchev–Trinajstić information content (AvgIpc) is 2.49. The maximum atomic E-state index is 12.3. The number of carbonyl (C=O) groups excluding carboxylic acids is 2. The van der Waals surface area contributed by atoms with Crippen molar-refractivity contribution in [3.63, 3.8) is 0 Å². The van der Waals surface area contributed by atoms with E-state index in [1.165, 1.54) is 0 Å². The van der Waals surface area contributed by atoms with Crippen LogP contribution >= 0.6 is 0 Å². The SMILES string of the molecule is CCCCOc1c(C(=O)OCC)occ(C(=O)OCC)c1=O. The van der Waals surface area contributed by atoms with Gasteiger partial charge in [-0.3, -0.25) is 4.79 Å². The summed E-state index contributed by atoms with van der Waals surface area (Å²) in [6, 6.07) is 0. The molecule has 0 atom stereocenters. The maximum Gasteiger partial charge on any atom is 0.378 e. The summed E-state index contributed by atoms with van der Waals surface area (Å²) in [5.74, 6) is -2.32. The highest BCUT2D eigenvalue weighted by molar-refractivity contribution is 5.93. The van der Waals surface area contributed by atoms with Gasteiger partial charge in [0.05, 0.1) is 19.8 Å². The van der Waals surface area contributed by atoms with Crippen LogP contribution < -0.4 is 10.2 Å². The third-order valence-corrected chi connectivity index (χ3v) is 2.65. The summed E-state index contributed by atoms with van der Waals surface area (Å²) < 4.78 is 20.0. The Labute approximate surface area is 128 Å². The van der Waals surface area contributed by atoms with Crippen molar-refractivity contribution < 1.29 is 28.2 Å². The lowest BCUT2D eigenvalue weighted by Crippen LogP contribution is -2.22. The molecule has 122 valence electrons. The van der Waals surface area contributed by atoms with Crippen molar-refractivity contribution in [3.8, 4) is 5.75 Å². The summed E-state index contributed by atoms with van der Waals surface area (Å²) in [7, 11) is 0. The van der Waals surface area contributed by atoms with Crippen LogP contribution in [0.4, 0.5) is 0 Å². The van der Waals surface area contributed by atoms with Crippen LogP contribution in [0.5, 0.6) is 5.75 Å². The highest BCUT2D eigenvalue weighted by Crippen LogP contribution is 2.17. The molecule has 1 rings (SSSR count). The number of carbonyl (C=O) groups is 2.